The summed E-state index contributed by atoms with van der Waals surface area (Å²) in [5.74, 6) is -0.0265. The van der Waals surface area contributed by atoms with Gasteiger partial charge in [-0.1, -0.05) is 18.3 Å². The van der Waals surface area contributed by atoms with Crippen LogP contribution in [0.3, 0.4) is 0 Å². The molecule has 0 aliphatic heterocycles. The molecule has 3 aromatic rings. The van der Waals surface area contributed by atoms with Crippen molar-refractivity contribution in [1.29, 1.82) is 0 Å². The van der Waals surface area contributed by atoms with Crippen LogP contribution in [0.4, 0.5) is 0 Å². The van der Waals surface area contributed by atoms with Gasteiger partial charge in [0.05, 0.1) is 30.0 Å². The quantitative estimate of drug-likeness (QED) is 0.630. The van der Waals surface area contributed by atoms with Gasteiger partial charge in [-0.15, -0.1) is 0 Å². The van der Waals surface area contributed by atoms with E-state index in [1.165, 1.54) is 18.4 Å². The zero-order valence-corrected chi connectivity index (χ0v) is 16.2. The van der Waals surface area contributed by atoms with Gasteiger partial charge in [0, 0.05) is 18.2 Å². The van der Waals surface area contributed by atoms with E-state index < -0.39 is 5.97 Å². The maximum absolute atomic E-state index is 12.6. The maximum atomic E-state index is 12.6. The summed E-state index contributed by atoms with van der Waals surface area (Å²) in [6.45, 7) is 2.83. The monoisotopic (exact) mass is 384 g/mol. The zero-order valence-electron chi connectivity index (χ0n) is 15.4. The van der Waals surface area contributed by atoms with Crippen LogP contribution in [0.5, 0.6) is 5.75 Å². The molecule has 0 spiro atoms. The van der Waals surface area contributed by atoms with Gasteiger partial charge in [-0.2, -0.15) is 4.99 Å². The van der Waals surface area contributed by atoms with Crippen molar-refractivity contribution in [2.45, 2.75) is 19.9 Å². The largest absolute Gasteiger partial charge is 0.497 e. The Morgan fingerprint density at radius 1 is 1.07 bits per heavy atom. The Morgan fingerprint density at radius 3 is 2.41 bits per heavy atom. The number of nitrogens with zero attached hydrogens (tertiary/aromatic N) is 2. The average Bonchev–Trinajstić information content (AvgIpc) is 3.04. The van der Waals surface area contributed by atoms with Crippen molar-refractivity contribution in [2.75, 3.05) is 14.2 Å². The van der Waals surface area contributed by atoms with Gasteiger partial charge in [0.25, 0.3) is 5.91 Å². The second-order valence-electron chi connectivity index (χ2n) is 5.86. The van der Waals surface area contributed by atoms with Crippen LogP contribution in [-0.4, -0.2) is 30.7 Å². The van der Waals surface area contributed by atoms with Crippen LogP contribution >= 0.6 is 11.3 Å². The molecule has 0 unspecified atom stereocenters. The van der Waals surface area contributed by atoms with Crippen molar-refractivity contribution in [3.8, 4) is 5.75 Å². The highest BCUT2D eigenvalue weighted by Gasteiger charge is 2.11. The number of thiazole rings is 1. The summed E-state index contributed by atoms with van der Waals surface area (Å²) in [5.41, 5.74) is 1.80. The molecule has 0 N–H and O–H groups in total. The Bertz CT molecular complexity index is 1050. The van der Waals surface area contributed by atoms with Gasteiger partial charge < -0.3 is 14.0 Å². The summed E-state index contributed by atoms with van der Waals surface area (Å²) in [6, 6.07) is 12.1. The minimum Gasteiger partial charge on any atom is -0.497 e. The lowest BCUT2D eigenvalue weighted by molar-refractivity contribution is 0.0600. The van der Waals surface area contributed by atoms with Crippen molar-refractivity contribution >= 4 is 33.4 Å². The molecule has 0 atom stereocenters. The van der Waals surface area contributed by atoms with E-state index in [-0.39, 0.29) is 5.91 Å². The SMILES string of the molecule is CCCn1c(=NC(=O)c2ccc(C(=O)OC)cc2)sc2ccc(OC)cc21. The Morgan fingerprint density at radius 2 is 1.78 bits per heavy atom. The lowest BCUT2D eigenvalue weighted by atomic mass is 10.1. The first-order valence-electron chi connectivity index (χ1n) is 8.52. The number of benzene rings is 2. The van der Waals surface area contributed by atoms with Crippen molar-refractivity contribution in [3.05, 3.63) is 58.4 Å². The standard InChI is InChI=1S/C20H20N2O4S/c1-4-11-22-16-12-15(25-2)9-10-17(16)27-20(22)21-18(23)13-5-7-14(8-6-13)19(24)26-3/h5-10,12H,4,11H2,1-3H3. The average molecular weight is 384 g/mol. The number of carbonyl (C=O) groups is 2. The van der Waals surface area contributed by atoms with Gasteiger partial charge in [0.2, 0.25) is 0 Å². The van der Waals surface area contributed by atoms with Gasteiger partial charge >= 0.3 is 5.97 Å². The molecule has 2 aromatic carbocycles. The normalized spacial score (nSPS) is 11.6. The van der Waals surface area contributed by atoms with Gasteiger partial charge in [-0.05, 0) is 42.8 Å². The van der Waals surface area contributed by atoms with Crippen LogP contribution in [0, 0.1) is 0 Å². The number of fused-ring (bicyclic) bond motifs is 1. The fraction of sp³-hybridized carbons (Fsp3) is 0.250. The number of rotatable bonds is 5. The number of ether oxygens (including phenoxy) is 2. The molecule has 0 saturated heterocycles. The van der Waals surface area contributed by atoms with Crippen LogP contribution < -0.4 is 9.54 Å². The highest BCUT2D eigenvalue weighted by atomic mass is 32.1. The van der Waals surface area contributed by atoms with E-state index in [0.29, 0.717) is 15.9 Å². The molecule has 3 rings (SSSR count). The molecule has 140 valence electrons. The molecule has 6 nitrogen and oxygen atoms in total. The summed E-state index contributed by atoms with van der Waals surface area (Å²) in [5, 5.41) is 0. The fourth-order valence-corrected chi connectivity index (χ4v) is 3.75. The second-order valence-corrected chi connectivity index (χ2v) is 6.86. The van der Waals surface area contributed by atoms with Gasteiger partial charge in [-0.25, -0.2) is 4.79 Å². The number of carbonyl (C=O) groups excluding carboxylic acids is 2. The summed E-state index contributed by atoms with van der Waals surface area (Å²) >= 11 is 1.46. The summed E-state index contributed by atoms with van der Waals surface area (Å²) in [7, 11) is 2.95. The number of aromatic nitrogens is 1. The number of aryl methyl sites for hydroxylation is 1. The molecule has 0 fully saturated rings. The second kappa shape index (κ2) is 8.18. The van der Waals surface area contributed by atoms with Crippen molar-refractivity contribution in [1.82, 2.24) is 4.57 Å². The number of methoxy groups -OCH3 is 2. The Balaban J connectivity index is 2.02. The van der Waals surface area contributed by atoms with Crippen LogP contribution in [0.2, 0.25) is 0 Å². The van der Waals surface area contributed by atoms with Gasteiger partial charge in [0.1, 0.15) is 5.75 Å². The fourth-order valence-electron chi connectivity index (χ4n) is 2.72. The van der Waals surface area contributed by atoms with E-state index in [9.17, 15) is 9.59 Å². The minimum atomic E-state index is -0.440. The van der Waals surface area contributed by atoms with Crippen molar-refractivity contribution in [3.63, 3.8) is 0 Å². The Kier molecular flexibility index (Phi) is 5.71. The summed E-state index contributed by atoms with van der Waals surface area (Å²) in [4.78, 5) is 29.1. The lowest BCUT2D eigenvalue weighted by Crippen LogP contribution is -2.17. The van der Waals surface area contributed by atoms with Crippen LogP contribution in [0.15, 0.2) is 47.5 Å². The summed E-state index contributed by atoms with van der Waals surface area (Å²) in [6.07, 6.45) is 0.915. The number of hydrogen-bond acceptors (Lipinski definition) is 5. The molecule has 0 aliphatic rings. The van der Waals surface area contributed by atoms with Crippen LogP contribution in [0.25, 0.3) is 10.2 Å². The van der Waals surface area contributed by atoms with Crippen LogP contribution in [0.1, 0.15) is 34.1 Å². The van der Waals surface area contributed by atoms with E-state index in [1.54, 1.807) is 31.4 Å². The molecule has 0 bridgehead atoms. The summed E-state index contributed by atoms with van der Waals surface area (Å²) < 4.78 is 13.0. The number of hydrogen-bond donors (Lipinski definition) is 0. The van der Waals surface area contributed by atoms with Gasteiger partial charge in [0.15, 0.2) is 4.80 Å². The first-order valence-corrected chi connectivity index (χ1v) is 9.33. The third-order valence-electron chi connectivity index (χ3n) is 4.09. The number of esters is 1. The molecular weight excluding hydrogens is 364 g/mol. The maximum Gasteiger partial charge on any atom is 0.337 e. The van der Waals surface area contributed by atoms with Gasteiger partial charge in [-0.3, -0.25) is 4.79 Å². The Labute approximate surface area is 160 Å². The molecule has 0 aliphatic carbocycles. The molecule has 0 radical (unpaired) electrons. The van der Waals surface area contributed by atoms with E-state index in [1.807, 2.05) is 22.8 Å². The predicted molar refractivity (Wildman–Crippen MR) is 104 cm³/mol. The first-order chi connectivity index (χ1) is 13.1. The van der Waals surface area contributed by atoms with Crippen LogP contribution in [-0.2, 0) is 11.3 Å². The third kappa shape index (κ3) is 3.93. The third-order valence-corrected chi connectivity index (χ3v) is 5.15. The minimum absolute atomic E-state index is 0.352. The molecule has 7 heteroatoms. The first kappa shape index (κ1) is 18.8. The van der Waals surface area contributed by atoms with Crippen molar-refractivity contribution < 1.29 is 19.1 Å². The highest BCUT2D eigenvalue weighted by Crippen LogP contribution is 2.23. The molecule has 27 heavy (non-hydrogen) atoms. The Hall–Kier alpha value is -2.93. The smallest absolute Gasteiger partial charge is 0.337 e. The zero-order chi connectivity index (χ0) is 19.4. The van der Waals surface area contributed by atoms with E-state index in [2.05, 4.69) is 16.7 Å². The van der Waals surface area contributed by atoms with Crippen molar-refractivity contribution in [2.24, 2.45) is 4.99 Å². The highest BCUT2D eigenvalue weighted by molar-refractivity contribution is 7.16. The molecule has 1 amide bonds. The number of amides is 1. The molecule has 1 aromatic heterocycles. The molecular formula is C20H20N2O4S. The lowest BCUT2D eigenvalue weighted by Gasteiger charge is -2.04. The van der Waals surface area contributed by atoms with E-state index in [4.69, 9.17) is 4.74 Å². The van der Waals surface area contributed by atoms with E-state index >= 15 is 0 Å². The van der Waals surface area contributed by atoms with E-state index in [0.717, 1.165) is 28.9 Å². The predicted octanol–water partition coefficient (Wildman–Crippen LogP) is 3.65. The molecule has 1 heterocycles. The molecule has 0 saturated carbocycles. The topological polar surface area (TPSA) is 69.9 Å².